The number of hydrogen-bond donors (Lipinski definition) is 1. The Kier molecular flexibility index (Phi) is 4.56. The minimum Gasteiger partial charge on any atom is -0.250 e. The van der Waals surface area contributed by atoms with Gasteiger partial charge < -0.3 is 0 Å². The van der Waals surface area contributed by atoms with Crippen molar-refractivity contribution in [2.45, 2.75) is 0 Å². The van der Waals surface area contributed by atoms with Crippen LogP contribution in [-0.2, 0) is 0 Å². The molecule has 0 saturated carbocycles. The quantitative estimate of drug-likeness (QED) is 0.527. The average molecular weight is 367 g/mol. The largest absolute Gasteiger partial charge is 0.250 e. The molecule has 1 aromatic heterocycles. The molecule has 0 aliphatic carbocycles. The lowest BCUT2D eigenvalue weighted by atomic mass is 10.2. The lowest BCUT2D eigenvalue weighted by Crippen LogP contribution is -1.97. The molecule has 8 heteroatoms. The molecule has 0 unspecified atom stereocenters. The fourth-order valence-corrected chi connectivity index (χ4v) is 2.45. The van der Waals surface area contributed by atoms with E-state index in [4.69, 9.17) is 35.4 Å². The summed E-state index contributed by atoms with van der Waals surface area (Å²) in [6, 6.07) is 11.5. The predicted molar refractivity (Wildman–Crippen MR) is 92.3 cm³/mol. The van der Waals surface area contributed by atoms with Gasteiger partial charge in [0.25, 0.3) is 0 Å². The molecule has 1 heterocycles. The molecule has 2 aromatic carbocycles. The van der Waals surface area contributed by atoms with Crippen LogP contribution < -0.4 is 0 Å². The van der Waals surface area contributed by atoms with E-state index in [1.165, 1.54) is 23.0 Å². The zero-order valence-electron chi connectivity index (χ0n) is 11.5. The maximum atomic E-state index is 13.8. The first kappa shape index (κ1) is 15.9. The minimum atomic E-state index is -0.468. The first-order chi connectivity index (χ1) is 11.1. The number of nitrogens with zero attached hydrogens (tertiary/aromatic N) is 3. The highest BCUT2D eigenvalue weighted by atomic mass is 35.5. The third kappa shape index (κ3) is 3.34. The summed E-state index contributed by atoms with van der Waals surface area (Å²) >= 11 is 17.0. The summed E-state index contributed by atoms with van der Waals surface area (Å²) in [6.45, 7) is 0. The molecule has 0 atom stereocenters. The van der Waals surface area contributed by atoms with E-state index in [0.717, 1.165) is 5.56 Å². The second-order valence-corrected chi connectivity index (χ2v) is 5.78. The van der Waals surface area contributed by atoms with E-state index in [1.807, 2.05) is 0 Å². The van der Waals surface area contributed by atoms with E-state index in [1.54, 1.807) is 30.3 Å². The Hall–Kier alpha value is -2.02. The van der Waals surface area contributed by atoms with Crippen molar-refractivity contribution in [3.63, 3.8) is 0 Å². The Morgan fingerprint density at radius 3 is 2.61 bits per heavy atom. The van der Waals surface area contributed by atoms with Crippen molar-refractivity contribution >= 4 is 41.6 Å². The molecule has 3 aromatic rings. The fraction of sp³-hybridized carbons (Fsp3) is 0. The zero-order valence-corrected chi connectivity index (χ0v) is 13.8. The zero-order chi connectivity index (χ0) is 16.4. The number of rotatable bonds is 3. The van der Waals surface area contributed by atoms with Gasteiger partial charge in [-0.1, -0.05) is 29.3 Å². The number of aromatic amines is 1. The van der Waals surface area contributed by atoms with Crippen LogP contribution in [-0.4, -0.2) is 21.1 Å². The van der Waals surface area contributed by atoms with Gasteiger partial charge in [0.05, 0.1) is 11.2 Å². The lowest BCUT2D eigenvalue weighted by molar-refractivity contribution is 0.625. The van der Waals surface area contributed by atoms with Gasteiger partial charge in [-0.05, 0) is 48.6 Å². The number of halogens is 3. The van der Waals surface area contributed by atoms with Crippen molar-refractivity contribution in [1.29, 1.82) is 0 Å². The summed E-state index contributed by atoms with van der Waals surface area (Å²) in [5.41, 5.74) is 0.942. The summed E-state index contributed by atoms with van der Waals surface area (Å²) in [5, 5.41) is 11.9. The third-order valence-corrected chi connectivity index (χ3v) is 3.90. The van der Waals surface area contributed by atoms with Gasteiger partial charge in [0.15, 0.2) is 5.82 Å². The summed E-state index contributed by atoms with van der Waals surface area (Å²) in [7, 11) is 0. The highest BCUT2D eigenvalue weighted by Crippen LogP contribution is 2.21. The van der Waals surface area contributed by atoms with Crippen molar-refractivity contribution in [3.8, 4) is 11.4 Å². The Balaban J connectivity index is 2.04. The predicted octanol–water partition coefficient (Wildman–Crippen LogP) is 4.94. The smallest absolute Gasteiger partial charge is 0.216 e. The molecule has 0 amide bonds. The molecule has 116 valence electrons. The normalized spacial score (nSPS) is 11.3. The van der Waals surface area contributed by atoms with E-state index < -0.39 is 5.82 Å². The number of nitrogens with one attached hydrogen (secondary N) is 1. The van der Waals surface area contributed by atoms with Gasteiger partial charge in [0.2, 0.25) is 4.77 Å². The molecule has 23 heavy (non-hydrogen) atoms. The van der Waals surface area contributed by atoms with Crippen LogP contribution in [0, 0.1) is 10.6 Å². The van der Waals surface area contributed by atoms with Crippen LogP contribution in [0.5, 0.6) is 0 Å². The maximum absolute atomic E-state index is 13.8. The molecular weight excluding hydrogens is 358 g/mol. The number of aromatic nitrogens is 3. The molecule has 0 aliphatic rings. The molecule has 0 saturated heterocycles. The molecule has 0 radical (unpaired) electrons. The van der Waals surface area contributed by atoms with Crippen molar-refractivity contribution in [2.24, 2.45) is 5.10 Å². The lowest BCUT2D eigenvalue weighted by Gasteiger charge is -2.02. The molecule has 0 spiro atoms. The molecule has 0 fully saturated rings. The topological polar surface area (TPSA) is 46.0 Å². The van der Waals surface area contributed by atoms with Gasteiger partial charge >= 0.3 is 0 Å². The van der Waals surface area contributed by atoms with E-state index in [9.17, 15) is 4.39 Å². The molecule has 0 bridgehead atoms. The molecule has 3 rings (SSSR count). The SMILES string of the molecule is Fc1cccc(Cl)c1/C=N/n1c(-c2ccc(Cl)cc2)n[nH]c1=S. The molecule has 0 aliphatic heterocycles. The molecular formula is C15H9Cl2FN4S. The van der Waals surface area contributed by atoms with Gasteiger partial charge in [-0.2, -0.15) is 14.9 Å². The highest BCUT2D eigenvalue weighted by molar-refractivity contribution is 7.71. The first-order valence-electron chi connectivity index (χ1n) is 6.48. The third-order valence-electron chi connectivity index (χ3n) is 3.05. The van der Waals surface area contributed by atoms with E-state index in [2.05, 4.69) is 15.3 Å². The van der Waals surface area contributed by atoms with Crippen molar-refractivity contribution < 1.29 is 4.39 Å². The van der Waals surface area contributed by atoms with Crippen LogP contribution in [0.2, 0.25) is 10.0 Å². The highest BCUT2D eigenvalue weighted by Gasteiger charge is 2.09. The van der Waals surface area contributed by atoms with Crippen LogP contribution in [0.3, 0.4) is 0 Å². The van der Waals surface area contributed by atoms with Crippen LogP contribution in [0.25, 0.3) is 11.4 Å². The van der Waals surface area contributed by atoms with Gasteiger partial charge in [0, 0.05) is 16.1 Å². The van der Waals surface area contributed by atoms with Crippen LogP contribution in [0.4, 0.5) is 4.39 Å². The first-order valence-corrected chi connectivity index (χ1v) is 7.64. The number of hydrogen-bond acceptors (Lipinski definition) is 3. The summed E-state index contributed by atoms with van der Waals surface area (Å²) < 4.78 is 15.5. The van der Waals surface area contributed by atoms with E-state index >= 15 is 0 Å². The summed E-state index contributed by atoms with van der Waals surface area (Å²) in [6.07, 6.45) is 1.31. The second-order valence-electron chi connectivity index (χ2n) is 4.55. The van der Waals surface area contributed by atoms with Gasteiger partial charge in [0.1, 0.15) is 5.82 Å². The summed E-state index contributed by atoms with van der Waals surface area (Å²) in [4.78, 5) is 0. The van der Waals surface area contributed by atoms with Crippen molar-refractivity contribution in [2.75, 3.05) is 0 Å². The van der Waals surface area contributed by atoms with E-state index in [0.29, 0.717) is 10.8 Å². The Morgan fingerprint density at radius 1 is 1.17 bits per heavy atom. The standard InChI is InChI=1S/C15H9Cl2FN4S/c16-10-6-4-9(5-7-10)14-20-21-15(23)22(14)19-8-11-12(17)2-1-3-13(11)18/h1-8H,(H,21,23)/b19-8+. The average Bonchev–Trinajstić information content (AvgIpc) is 2.89. The van der Waals surface area contributed by atoms with Crippen molar-refractivity contribution in [3.05, 3.63) is 68.7 Å². The minimum absolute atomic E-state index is 0.180. The fourth-order valence-electron chi connectivity index (χ4n) is 1.93. The van der Waals surface area contributed by atoms with Crippen LogP contribution in [0.15, 0.2) is 47.6 Å². The van der Waals surface area contributed by atoms with E-state index in [-0.39, 0.29) is 15.4 Å². The van der Waals surface area contributed by atoms with Gasteiger partial charge in [-0.3, -0.25) is 0 Å². The molecule has 1 N–H and O–H groups in total. The van der Waals surface area contributed by atoms with Crippen molar-refractivity contribution in [1.82, 2.24) is 14.9 Å². The Morgan fingerprint density at radius 2 is 1.91 bits per heavy atom. The Bertz CT molecular complexity index is 911. The maximum Gasteiger partial charge on any atom is 0.216 e. The van der Waals surface area contributed by atoms with Gasteiger partial charge in [-0.15, -0.1) is 0 Å². The van der Waals surface area contributed by atoms with Crippen LogP contribution in [0.1, 0.15) is 5.56 Å². The Labute approximate surface area is 146 Å². The molecule has 4 nitrogen and oxygen atoms in total. The monoisotopic (exact) mass is 366 g/mol. The number of benzene rings is 2. The van der Waals surface area contributed by atoms with Gasteiger partial charge in [-0.25, -0.2) is 9.49 Å². The van der Waals surface area contributed by atoms with Crippen LogP contribution >= 0.6 is 35.4 Å². The number of H-pyrrole nitrogens is 1. The second kappa shape index (κ2) is 6.62. The summed E-state index contributed by atoms with van der Waals surface area (Å²) in [5.74, 6) is 0.0136.